The normalized spacial score (nSPS) is 17.5. The van der Waals surface area contributed by atoms with Crippen LogP contribution >= 0.6 is 0 Å². The molecule has 1 aliphatic rings. The molecule has 0 radical (unpaired) electrons. The third kappa shape index (κ3) is 1.88. The van der Waals surface area contributed by atoms with Gasteiger partial charge in [-0.1, -0.05) is 12.8 Å². The van der Waals surface area contributed by atoms with E-state index in [0.29, 0.717) is 12.0 Å². The van der Waals surface area contributed by atoms with Gasteiger partial charge in [0.05, 0.1) is 0 Å². The lowest BCUT2D eigenvalue weighted by atomic mass is 10.1. The molecule has 17 heavy (non-hydrogen) atoms. The lowest BCUT2D eigenvalue weighted by Gasteiger charge is -2.14. The smallest absolute Gasteiger partial charge is 0.202 e. The van der Waals surface area contributed by atoms with Gasteiger partial charge < -0.3 is 5.73 Å². The molecule has 2 aromatic heterocycles. The van der Waals surface area contributed by atoms with Crippen LogP contribution in [0.4, 0.5) is 5.95 Å². The largest absolute Gasteiger partial charge is 0.369 e. The van der Waals surface area contributed by atoms with Gasteiger partial charge in [0.15, 0.2) is 5.65 Å². The highest BCUT2D eigenvalue weighted by Gasteiger charge is 2.26. The number of fused-ring (bicyclic) bond motifs is 1. The average Bonchev–Trinajstić information content (AvgIpc) is 3.00. The van der Waals surface area contributed by atoms with E-state index in [1.54, 1.807) is 0 Å². The molecule has 4 heteroatoms. The van der Waals surface area contributed by atoms with Crippen LogP contribution in [0, 0.1) is 12.8 Å². The van der Waals surface area contributed by atoms with Gasteiger partial charge in [-0.25, -0.2) is 9.97 Å². The molecule has 3 rings (SSSR count). The molecule has 0 aliphatic heterocycles. The summed E-state index contributed by atoms with van der Waals surface area (Å²) in [5.74, 6) is 1.47. The lowest BCUT2D eigenvalue weighted by molar-refractivity contribution is 0.490. The van der Waals surface area contributed by atoms with Crippen molar-refractivity contribution in [2.75, 3.05) is 5.73 Å². The SMILES string of the molecule is Cc1ccc2nc(N)n(C(C)CC3CC3)c2n1. The Labute approximate surface area is 101 Å². The number of hydrogen-bond donors (Lipinski definition) is 1. The molecule has 0 saturated heterocycles. The Balaban J connectivity index is 2.06. The van der Waals surface area contributed by atoms with Crippen molar-refractivity contribution in [3.05, 3.63) is 17.8 Å². The number of nitrogens with two attached hydrogens (primary N) is 1. The maximum Gasteiger partial charge on any atom is 0.202 e. The number of hydrogen-bond acceptors (Lipinski definition) is 3. The third-order valence-corrected chi connectivity index (χ3v) is 3.52. The topological polar surface area (TPSA) is 56.7 Å². The van der Waals surface area contributed by atoms with Crippen molar-refractivity contribution >= 4 is 17.1 Å². The van der Waals surface area contributed by atoms with Gasteiger partial charge in [-0.15, -0.1) is 0 Å². The summed E-state index contributed by atoms with van der Waals surface area (Å²) < 4.78 is 2.08. The van der Waals surface area contributed by atoms with Gasteiger partial charge in [0.25, 0.3) is 0 Å². The molecule has 1 fully saturated rings. The minimum absolute atomic E-state index is 0.391. The lowest BCUT2D eigenvalue weighted by Crippen LogP contribution is -2.10. The van der Waals surface area contributed by atoms with Crippen LogP contribution in [0.2, 0.25) is 0 Å². The van der Waals surface area contributed by atoms with Crippen LogP contribution in [0.5, 0.6) is 0 Å². The average molecular weight is 230 g/mol. The molecule has 1 saturated carbocycles. The highest BCUT2D eigenvalue weighted by molar-refractivity contribution is 5.74. The predicted octanol–water partition coefficient (Wildman–Crippen LogP) is 2.68. The van der Waals surface area contributed by atoms with Crippen molar-refractivity contribution in [2.45, 2.75) is 39.2 Å². The number of aryl methyl sites for hydroxylation is 1. The number of pyridine rings is 1. The molecule has 0 aromatic carbocycles. The van der Waals surface area contributed by atoms with Gasteiger partial charge in [0.1, 0.15) is 5.52 Å². The first-order chi connectivity index (χ1) is 8.15. The molecular formula is C13H18N4. The van der Waals surface area contributed by atoms with Crippen LogP contribution in [0.15, 0.2) is 12.1 Å². The third-order valence-electron chi connectivity index (χ3n) is 3.52. The Morgan fingerprint density at radius 2 is 2.18 bits per heavy atom. The summed E-state index contributed by atoms with van der Waals surface area (Å²) >= 11 is 0. The first-order valence-corrected chi connectivity index (χ1v) is 6.26. The molecule has 0 bridgehead atoms. The molecule has 90 valence electrons. The van der Waals surface area contributed by atoms with E-state index >= 15 is 0 Å². The molecule has 2 N–H and O–H groups in total. The summed E-state index contributed by atoms with van der Waals surface area (Å²) in [5.41, 5.74) is 8.85. The van der Waals surface area contributed by atoms with E-state index in [-0.39, 0.29) is 0 Å². The summed E-state index contributed by atoms with van der Waals surface area (Å²) in [6.45, 7) is 4.21. The summed E-state index contributed by atoms with van der Waals surface area (Å²) in [7, 11) is 0. The molecular weight excluding hydrogens is 212 g/mol. The number of anilines is 1. The number of aromatic nitrogens is 3. The van der Waals surface area contributed by atoms with E-state index in [2.05, 4.69) is 21.5 Å². The number of nitrogens with zero attached hydrogens (tertiary/aromatic N) is 3. The summed E-state index contributed by atoms with van der Waals surface area (Å²) in [6.07, 6.45) is 3.91. The van der Waals surface area contributed by atoms with E-state index in [4.69, 9.17) is 5.73 Å². The molecule has 1 unspecified atom stereocenters. The van der Waals surface area contributed by atoms with Crippen LogP contribution in [-0.2, 0) is 0 Å². The fraction of sp³-hybridized carbons (Fsp3) is 0.538. The standard InChI is InChI=1S/C13H18N4/c1-8-3-6-11-12(15-8)17(13(14)16-11)9(2)7-10-4-5-10/h3,6,9-10H,4-5,7H2,1-2H3,(H2,14,16). The van der Waals surface area contributed by atoms with E-state index in [1.165, 1.54) is 19.3 Å². The Hall–Kier alpha value is -1.58. The first kappa shape index (κ1) is 10.6. The van der Waals surface area contributed by atoms with Crippen molar-refractivity contribution in [2.24, 2.45) is 5.92 Å². The van der Waals surface area contributed by atoms with E-state index < -0.39 is 0 Å². The Morgan fingerprint density at radius 1 is 1.41 bits per heavy atom. The molecule has 1 atom stereocenters. The summed E-state index contributed by atoms with van der Waals surface area (Å²) in [6, 6.07) is 4.36. The van der Waals surface area contributed by atoms with Gasteiger partial charge in [-0.05, 0) is 38.3 Å². The number of imidazole rings is 1. The summed E-state index contributed by atoms with van der Waals surface area (Å²) in [5, 5.41) is 0. The Kier molecular flexibility index (Phi) is 2.31. The zero-order valence-electron chi connectivity index (χ0n) is 10.3. The Bertz CT molecular complexity index is 554. The van der Waals surface area contributed by atoms with Crippen molar-refractivity contribution < 1.29 is 0 Å². The van der Waals surface area contributed by atoms with Gasteiger partial charge in [-0.3, -0.25) is 4.57 Å². The predicted molar refractivity (Wildman–Crippen MR) is 68.7 cm³/mol. The molecule has 2 aromatic rings. The number of nitrogen functional groups attached to an aromatic ring is 1. The van der Waals surface area contributed by atoms with Gasteiger partial charge in [0, 0.05) is 11.7 Å². The molecule has 0 amide bonds. The second kappa shape index (κ2) is 3.72. The molecule has 2 heterocycles. The molecule has 0 spiro atoms. The maximum absolute atomic E-state index is 6.01. The van der Waals surface area contributed by atoms with Crippen LogP contribution in [0.3, 0.4) is 0 Å². The van der Waals surface area contributed by atoms with Crippen molar-refractivity contribution in [1.82, 2.24) is 14.5 Å². The molecule has 4 nitrogen and oxygen atoms in total. The first-order valence-electron chi connectivity index (χ1n) is 6.26. The van der Waals surface area contributed by atoms with Crippen LogP contribution in [0.1, 0.15) is 37.9 Å². The zero-order valence-corrected chi connectivity index (χ0v) is 10.3. The minimum Gasteiger partial charge on any atom is -0.369 e. The van der Waals surface area contributed by atoms with E-state index in [9.17, 15) is 0 Å². The second-order valence-corrected chi connectivity index (χ2v) is 5.16. The van der Waals surface area contributed by atoms with Crippen molar-refractivity contribution in [3.8, 4) is 0 Å². The quantitative estimate of drug-likeness (QED) is 0.882. The fourth-order valence-electron chi connectivity index (χ4n) is 2.46. The van der Waals surface area contributed by atoms with Gasteiger partial charge in [0.2, 0.25) is 5.95 Å². The Morgan fingerprint density at radius 3 is 2.88 bits per heavy atom. The van der Waals surface area contributed by atoms with Gasteiger partial charge in [-0.2, -0.15) is 0 Å². The van der Waals surface area contributed by atoms with E-state index in [1.807, 2.05) is 19.1 Å². The monoisotopic (exact) mass is 230 g/mol. The van der Waals surface area contributed by atoms with Crippen molar-refractivity contribution in [3.63, 3.8) is 0 Å². The molecule has 1 aliphatic carbocycles. The highest BCUT2D eigenvalue weighted by atomic mass is 15.2. The van der Waals surface area contributed by atoms with Gasteiger partial charge >= 0.3 is 0 Å². The fourth-order valence-corrected chi connectivity index (χ4v) is 2.46. The number of rotatable bonds is 3. The van der Waals surface area contributed by atoms with Crippen LogP contribution in [0.25, 0.3) is 11.2 Å². The van der Waals surface area contributed by atoms with Crippen LogP contribution in [-0.4, -0.2) is 14.5 Å². The minimum atomic E-state index is 0.391. The highest BCUT2D eigenvalue weighted by Crippen LogP contribution is 2.38. The van der Waals surface area contributed by atoms with Crippen LogP contribution < -0.4 is 5.73 Å². The van der Waals surface area contributed by atoms with E-state index in [0.717, 1.165) is 22.8 Å². The second-order valence-electron chi connectivity index (χ2n) is 5.16. The summed E-state index contributed by atoms with van der Waals surface area (Å²) in [4.78, 5) is 8.95. The zero-order chi connectivity index (χ0) is 12.0. The maximum atomic E-state index is 6.01. The van der Waals surface area contributed by atoms with Crippen molar-refractivity contribution in [1.29, 1.82) is 0 Å².